The van der Waals surface area contributed by atoms with Gasteiger partial charge < -0.3 is 4.98 Å². The van der Waals surface area contributed by atoms with Crippen molar-refractivity contribution in [3.8, 4) is 0 Å². The van der Waals surface area contributed by atoms with Gasteiger partial charge in [-0.3, -0.25) is 0 Å². The highest BCUT2D eigenvalue weighted by atomic mass is 14.9. The molecule has 1 aromatic carbocycles. The highest BCUT2D eigenvalue weighted by Gasteiger charge is 2.19. The van der Waals surface area contributed by atoms with E-state index in [0.717, 1.165) is 24.3 Å². The Labute approximate surface area is 96.1 Å². The average Bonchev–Trinajstić information content (AvgIpc) is 2.64. The summed E-state index contributed by atoms with van der Waals surface area (Å²) in [4.78, 5) is 8.11. The molecule has 0 radical (unpaired) electrons. The first kappa shape index (κ1) is 9.88. The van der Waals surface area contributed by atoms with Gasteiger partial charge in [0.25, 0.3) is 0 Å². The molecule has 0 saturated heterocycles. The van der Waals surface area contributed by atoms with E-state index in [9.17, 15) is 0 Å². The molecule has 0 atom stereocenters. The van der Waals surface area contributed by atoms with Crippen molar-refractivity contribution in [1.29, 1.82) is 0 Å². The second kappa shape index (κ2) is 3.93. The number of nitrogens with zero attached hydrogens (tertiary/aromatic N) is 1. The molecule has 0 bridgehead atoms. The molecule has 0 unspecified atom stereocenters. The van der Waals surface area contributed by atoms with Crippen LogP contribution < -0.4 is 0 Å². The molecule has 2 aromatic rings. The minimum Gasteiger partial charge on any atom is -0.342 e. The van der Waals surface area contributed by atoms with Crippen molar-refractivity contribution >= 4 is 11.0 Å². The van der Waals surface area contributed by atoms with Gasteiger partial charge >= 0.3 is 0 Å². The quantitative estimate of drug-likeness (QED) is 0.832. The summed E-state index contributed by atoms with van der Waals surface area (Å²) in [5, 5.41) is 0. The Morgan fingerprint density at radius 2 is 2.25 bits per heavy atom. The molecule has 1 aliphatic carbocycles. The summed E-state index contributed by atoms with van der Waals surface area (Å²) in [6.07, 6.45) is 6.41. The lowest BCUT2D eigenvalue weighted by Gasteiger charge is -2.23. The van der Waals surface area contributed by atoms with Gasteiger partial charge in [-0.2, -0.15) is 0 Å². The molecule has 2 nitrogen and oxygen atoms in total. The fourth-order valence-corrected chi connectivity index (χ4v) is 2.40. The van der Waals surface area contributed by atoms with Crippen LogP contribution >= 0.6 is 0 Å². The van der Waals surface area contributed by atoms with Crippen molar-refractivity contribution in [2.24, 2.45) is 5.92 Å². The van der Waals surface area contributed by atoms with Gasteiger partial charge in [0.05, 0.1) is 11.0 Å². The van der Waals surface area contributed by atoms with Crippen LogP contribution in [-0.4, -0.2) is 9.97 Å². The largest absolute Gasteiger partial charge is 0.342 e. The molecule has 84 valence electrons. The van der Waals surface area contributed by atoms with Gasteiger partial charge in [0.2, 0.25) is 0 Å². The number of benzene rings is 1. The molecule has 1 aromatic heterocycles. The van der Waals surface area contributed by atoms with Crippen molar-refractivity contribution in [2.45, 2.75) is 39.0 Å². The molecule has 2 heteroatoms. The lowest BCUT2D eigenvalue weighted by Crippen LogP contribution is -2.14. The Bertz CT molecular complexity index is 494. The Kier molecular flexibility index (Phi) is 2.43. The molecular formula is C14H18N2. The maximum Gasteiger partial charge on any atom is 0.107 e. The molecule has 0 spiro atoms. The second-order valence-corrected chi connectivity index (χ2v) is 4.89. The smallest absolute Gasteiger partial charge is 0.107 e. The number of H-pyrrole nitrogens is 1. The van der Waals surface area contributed by atoms with Gasteiger partial charge in [-0.1, -0.05) is 32.3 Å². The van der Waals surface area contributed by atoms with E-state index in [4.69, 9.17) is 0 Å². The van der Waals surface area contributed by atoms with Crippen LogP contribution in [0.5, 0.6) is 0 Å². The summed E-state index contributed by atoms with van der Waals surface area (Å²) in [6.45, 7) is 2.19. The molecule has 16 heavy (non-hydrogen) atoms. The summed E-state index contributed by atoms with van der Waals surface area (Å²) in [6, 6.07) is 6.54. The van der Waals surface area contributed by atoms with Crippen molar-refractivity contribution in [3.63, 3.8) is 0 Å². The van der Waals surface area contributed by atoms with Gasteiger partial charge in [-0.15, -0.1) is 0 Å². The summed E-state index contributed by atoms with van der Waals surface area (Å²) >= 11 is 0. The molecule has 1 aliphatic rings. The van der Waals surface area contributed by atoms with E-state index in [2.05, 4.69) is 35.1 Å². The van der Waals surface area contributed by atoms with Crippen molar-refractivity contribution in [2.75, 3.05) is 0 Å². The Morgan fingerprint density at radius 3 is 2.94 bits per heavy atom. The van der Waals surface area contributed by atoms with Gasteiger partial charge in [-0.25, -0.2) is 4.98 Å². The third-order valence-corrected chi connectivity index (χ3v) is 3.71. The topological polar surface area (TPSA) is 28.7 Å². The van der Waals surface area contributed by atoms with Gasteiger partial charge in [0.15, 0.2) is 0 Å². The van der Waals surface area contributed by atoms with Gasteiger partial charge in [0, 0.05) is 6.42 Å². The fourth-order valence-electron chi connectivity index (χ4n) is 2.40. The number of rotatable bonds is 3. The third kappa shape index (κ3) is 1.73. The number of hydrogen-bond donors (Lipinski definition) is 1. The number of hydrogen-bond acceptors (Lipinski definition) is 1. The fraction of sp³-hybridized carbons (Fsp3) is 0.500. The molecule has 0 amide bonds. The Morgan fingerprint density at radius 1 is 1.38 bits per heavy atom. The van der Waals surface area contributed by atoms with E-state index in [-0.39, 0.29) is 0 Å². The Balaban J connectivity index is 1.89. The van der Waals surface area contributed by atoms with E-state index >= 15 is 0 Å². The van der Waals surface area contributed by atoms with E-state index < -0.39 is 0 Å². The number of aromatic amines is 1. The maximum atomic E-state index is 4.65. The Hall–Kier alpha value is -1.31. The third-order valence-electron chi connectivity index (χ3n) is 3.71. The van der Waals surface area contributed by atoms with Crippen LogP contribution in [0.25, 0.3) is 11.0 Å². The van der Waals surface area contributed by atoms with Crippen LogP contribution in [-0.2, 0) is 12.8 Å². The SMILES string of the molecule is CCc1ccc2nc(CC3CCC3)[nH]c2c1. The lowest BCUT2D eigenvalue weighted by atomic mass is 9.83. The zero-order chi connectivity index (χ0) is 11.0. The summed E-state index contributed by atoms with van der Waals surface area (Å²) in [5.74, 6) is 2.05. The molecule has 3 rings (SSSR count). The van der Waals surface area contributed by atoms with Crippen LogP contribution in [0, 0.1) is 5.92 Å². The first-order chi connectivity index (χ1) is 7.85. The zero-order valence-electron chi connectivity index (χ0n) is 9.79. The second-order valence-electron chi connectivity index (χ2n) is 4.89. The van der Waals surface area contributed by atoms with Crippen LogP contribution in [0.2, 0.25) is 0 Å². The van der Waals surface area contributed by atoms with Crippen LogP contribution in [0.3, 0.4) is 0 Å². The highest BCUT2D eigenvalue weighted by Crippen LogP contribution is 2.29. The highest BCUT2D eigenvalue weighted by molar-refractivity contribution is 5.75. The molecular weight excluding hydrogens is 196 g/mol. The van der Waals surface area contributed by atoms with Crippen molar-refractivity contribution < 1.29 is 0 Å². The summed E-state index contributed by atoms with van der Waals surface area (Å²) < 4.78 is 0. The van der Waals surface area contributed by atoms with Crippen molar-refractivity contribution in [1.82, 2.24) is 9.97 Å². The predicted octanol–water partition coefficient (Wildman–Crippen LogP) is 3.47. The normalized spacial score (nSPS) is 16.6. The number of imidazole rings is 1. The zero-order valence-corrected chi connectivity index (χ0v) is 9.79. The van der Waals surface area contributed by atoms with Crippen LogP contribution in [0.1, 0.15) is 37.6 Å². The minimum atomic E-state index is 0.881. The first-order valence-electron chi connectivity index (χ1n) is 6.32. The van der Waals surface area contributed by atoms with Crippen LogP contribution in [0.15, 0.2) is 18.2 Å². The number of nitrogens with one attached hydrogen (secondary N) is 1. The van der Waals surface area contributed by atoms with Crippen molar-refractivity contribution in [3.05, 3.63) is 29.6 Å². The van der Waals surface area contributed by atoms with E-state index in [1.54, 1.807) is 0 Å². The number of aryl methyl sites for hydroxylation is 1. The summed E-state index contributed by atoms with van der Waals surface area (Å²) in [5.41, 5.74) is 3.70. The standard InChI is InChI=1S/C14H18N2/c1-2-10-6-7-12-13(8-10)16-14(15-12)9-11-4-3-5-11/h6-8,11H,2-5,9H2,1H3,(H,15,16). The van der Waals surface area contributed by atoms with Gasteiger partial charge in [-0.05, 0) is 30.0 Å². The lowest BCUT2D eigenvalue weighted by molar-refractivity contribution is 0.310. The molecule has 1 heterocycles. The van der Waals surface area contributed by atoms with E-state index in [1.165, 1.54) is 36.2 Å². The summed E-state index contributed by atoms with van der Waals surface area (Å²) in [7, 11) is 0. The monoisotopic (exact) mass is 214 g/mol. The van der Waals surface area contributed by atoms with E-state index in [0.29, 0.717) is 0 Å². The van der Waals surface area contributed by atoms with E-state index in [1.807, 2.05) is 0 Å². The molecule has 0 aliphatic heterocycles. The predicted molar refractivity (Wildman–Crippen MR) is 66.5 cm³/mol. The molecule has 1 saturated carbocycles. The molecule has 1 fully saturated rings. The molecule has 1 N–H and O–H groups in total. The maximum absolute atomic E-state index is 4.65. The number of fused-ring (bicyclic) bond motifs is 1. The minimum absolute atomic E-state index is 0.881. The van der Waals surface area contributed by atoms with Crippen LogP contribution in [0.4, 0.5) is 0 Å². The first-order valence-corrected chi connectivity index (χ1v) is 6.32. The average molecular weight is 214 g/mol. The number of aromatic nitrogens is 2. The van der Waals surface area contributed by atoms with Gasteiger partial charge in [0.1, 0.15) is 5.82 Å².